The van der Waals surface area contributed by atoms with Crippen LogP contribution in [0.25, 0.3) is 10.2 Å². The smallest absolute Gasteiger partial charge is 0.271 e. The Morgan fingerprint density at radius 3 is 3.11 bits per heavy atom. The standard InChI is InChI=1S/C12H13N3O2S/c1-7-5-18-11-10(7)13-6-15(12(11)17)4-9(16)14-8-2-3-8/h5-6,8H,2-4H2,1H3,(H,14,16). The predicted octanol–water partition coefficient (Wildman–Crippen LogP) is 1.05. The maximum atomic E-state index is 12.1. The van der Waals surface area contributed by atoms with Crippen molar-refractivity contribution in [2.24, 2.45) is 0 Å². The molecule has 0 aliphatic heterocycles. The van der Waals surface area contributed by atoms with E-state index in [4.69, 9.17) is 0 Å². The highest BCUT2D eigenvalue weighted by atomic mass is 32.1. The van der Waals surface area contributed by atoms with Gasteiger partial charge in [0.1, 0.15) is 11.2 Å². The van der Waals surface area contributed by atoms with E-state index in [1.165, 1.54) is 22.2 Å². The number of nitrogens with one attached hydrogen (secondary N) is 1. The first-order valence-corrected chi connectivity index (χ1v) is 6.75. The van der Waals surface area contributed by atoms with Gasteiger partial charge in [-0.3, -0.25) is 14.2 Å². The first-order chi connectivity index (χ1) is 8.65. The Labute approximate surface area is 107 Å². The van der Waals surface area contributed by atoms with Crippen molar-refractivity contribution in [1.82, 2.24) is 14.9 Å². The summed E-state index contributed by atoms with van der Waals surface area (Å²) in [4.78, 5) is 28.0. The molecule has 2 heterocycles. The maximum Gasteiger partial charge on any atom is 0.271 e. The molecule has 0 unspecified atom stereocenters. The Balaban J connectivity index is 1.89. The third-order valence-corrected chi connectivity index (χ3v) is 4.05. The van der Waals surface area contributed by atoms with E-state index >= 15 is 0 Å². The Morgan fingerprint density at radius 2 is 2.39 bits per heavy atom. The average Bonchev–Trinajstić information content (AvgIpc) is 3.05. The van der Waals surface area contributed by atoms with E-state index in [0.717, 1.165) is 23.9 Å². The maximum absolute atomic E-state index is 12.1. The molecular weight excluding hydrogens is 250 g/mol. The highest BCUT2D eigenvalue weighted by Crippen LogP contribution is 2.20. The van der Waals surface area contributed by atoms with Crippen LogP contribution in [-0.4, -0.2) is 21.5 Å². The van der Waals surface area contributed by atoms with Crippen molar-refractivity contribution in [3.05, 3.63) is 27.6 Å². The lowest BCUT2D eigenvalue weighted by atomic mass is 10.3. The lowest BCUT2D eigenvalue weighted by Gasteiger charge is -2.05. The van der Waals surface area contributed by atoms with Crippen LogP contribution in [-0.2, 0) is 11.3 Å². The van der Waals surface area contributed by atoms with Crippen LogP contribution in [0.5, 0.6) is 0 Å². The second-order valence-electron chi connectivity index (χ2n) is 4.62. The van der Waals surface area contributed by atoms with Gasteiger partial charge in [0.15, 0.2) is 0 Å². The van der Waals surface area contributed by atoms with Gasteiger partial charge in [0.2, 0.25) is 5.91 Å². The number of fused-ring (bicyclic) bond motifs is 1. The minimum absolute atomic E-state index is 0.0508. The van der Waals surface area contributed by atoms with Crippen molar-refractivity contribution in [1.29, 1.82) is 0 Å². The molecular formula is C12H13N3O2S. The molecule has 0 radical (unpaired) electrons. The van der Waals surface area contributed by atoms with Gasteiger partial charge in [-0.2, -0.15) is 0 Å². The lowest BCUT2D eigenvalue weighted by Crippen LogP contribution is -2.33. The summed E-state index contributed by atoms with van der Waals surface area (Å²) in [6.45, 7) is 1.98. The van der Waals surface area contributed by atoms with Crippen LogP contribution in [0.2, 0.25) is 0 Å². The van der Waals surface area contributed by atoms with Crippen LogP contribution < -0.4 is 10.9 Å². The lowest BCUT2D eigenvalue weighted by molar-refractivity contribution is -0.121. The summed E-state index contributed by atoms with van der Waals surface area (Å²) in [7, 11) is 0. The number of hydrogen-bond acceptors (Lipinski definition) is 4. The molecule has 1 aliphatic carbocycles. The molecule has 5 nitrogen and oxygen atoms in total. The zero-order valence-electron chi connectivity index (χ0n) is 9.97. The summed E-state index contributed by atoms with van der Waals surface area (Å²) < 4.78 is 1.99. The number of amides is 1. The zero-order valence-corrected chi connectivity index (χ0v) is 10.8. The van der Waals surface area contributed by atoms with Gasteiger partial charge >= 0.3 is 0 Å². The Morgan fingerprint density at radius 1 is 1.61 bits per heavy atom. The number of thiophene rings is 1. The minimum atomic E-state index is -0.135. The van der Waals surface area contributed by atoms with Crippen molar-refractivity contribution in [3.8, 4) is 0 Å². The van der Waals surface area contributed by atoms with Crippen LogP contribution in [0.15, 0.2) is 16.5 Å². The molecule has 1 amide bonds. The molecule has 2 aromatic heterocycles. The summed E-state index contributed by atoms with van der Waals surface area (Å²) in [6, 6.07) is 0.314. The predicted molar refractivity (Wildman–Crippen MR) is 69.8 cm³/mol. The SMILES string of the molecule is Cc1csc2c(=O)n(CC(=O)NC3CC3)cnc12. The highest BCUT2D eigenvalue weighted by molar-refractivity contribution is 7.17. The van der Waals surface area contributed by atoms with E-state index in [0.29, 0.717) is 10.7 Å². The second kappa shape index (κ2) is 4.20. The fourth-order valence-corrected chi connectivity index (χ4v) is 2.78. The van der Waals surface area contributed by atoms with Crippen molar-refractivity contribution < 1.29 is 4.79 Å². The van der Waals surface area contributed by atoms with Gasteiger partial charge < -0.3 is 5.32 Å². The van der Waals surface area contributed by atoms with E-state index in [9.17, 15) is 9.59 Å². The van der Waals surface area contributed by atoms with Crippen LogP contribution in [0.1, 0.15) is 18.4 Å². The highest BCUT2D eigenvalue weighted by Gasteiger charge is 2.23. The molecule has 0 bridgehead atoms. The summed E-state index contributed by atoms with van der Waals surface area (Å²) in [5.41, 5.74) is 1.61. The Kier molecular flexibility index (Phi) is 2.66. The molecule has 0 atom stereocenters. The van der Waals surface area contributed by atoms with Crippen molar-refractivity contribution in [2.45, 2.75) is 32.4 Å². The largest absolute Gasteiger partial charge is 0.352 e. The zero-order chi connectivity index (χ0) is 12.7. The molecule has 0 spiro atoms. The second-order valence-corrected chi connectivity index (χ2v) is 5.50. The van der Waals surface area contributed by atoms with Crippen LogP contribution in [0.3, 0.4) is 0 Å². The van der Waals surface area contributed by atoms with E-state index in [1.807, 2.05) is 12.3 Å². The van der Waals surface area contributed by atoms with Crippen LogP contribution in [0, 0.1) is 6.92 Å². The molecule has 94 valence electrons. The van der Waals surface area contributed by atoms with Gasteiger partial charge in [-0.05, 0) is 30.7 Å². The third-order valence-electron chi connectivity index (χ3n) is 2.98. The first kappa shape index (κ1) is 11.4. The summed E-state index contributed by atoms with van der Waals surface area (Å²) in [5, 5.41) is 4.77. The van der Waals surface area contributed by atoms with E-state index < -0.39 is 0 Å². The van der Waals surface area contributed by atoms with Crippen LogP contribution in [0.4, 0.5) is 0 Å². The monoisotopic (exact) mass is 263 g/mol. The fourth-order valence-electron chi connectivity index (χ4n) is 1.83. The summed E-state index contributed by atoms with van der Waals surface area (Å²) in [6.07, 6.45) is 3.54. The van der Waals surface area contributed by atoms with Gasteiger partial charge in [-0.25, -0.2) is 4.98 Å². The molecule has 1 saturated carbocycles. The molecule has 6 heteroatoms. The van der Waals surface area contributed by atoms with Gasteiger partial charge in [-0.15, -0.1) is 11.3 Å². The van der Waals surface area contributed by atoms with Gasteiger partial charge in [-0.1, -0.05) is 0 Å². The molecule has 2 aromatic rings. The molecule has 0 saturated heterocycles. The van der Waals surface area contributed by atoms with Gasteiger partial charge in [0.25, 0.3) is 5.56 Å². The number of nitrogens with zero attached hydrogens (tertiary/aromatic N) is 2. The number of hydrogen-bond donors (Lipinski definition) is 1. The Bertz CT molecular complexity index is 670. The van der Waals surface area contributed by atoms with Crippen molar-refractivity contribution >= 4 is 27.5 Å². The van der Waals surface area contributed by atoms with E-state index in [1.54, 1.807) is 0 Å². The third kappa shape index (κ3) is 2.03. The number of carbonyl (C=O) groups is 1. The number of rotatable bonds is 3. The van der Waals surface area contributed by atoms with Gasteiger partial charge in [0, 0.05) is 6.04 Å². The topological polar surface area (TPSA) is 64.0 Å². The molecule has 1 N–H and O–H groups in total. The number of aromatic nitrogens is 2. The molecule has 1 fully saturated rings. The van der Waals surface area contributed by atoms with Crippen molar-refractivity contribution in [3.63, 3.8) is 0 Å². The number of aryl methyl sites for hydroxylation is 1. The van der Waals surface area contributed by atoms with Crippen LogP contribution >= 0.6 is 11.3 Å². The normalized spacial score (nSPS) is 14.9. The quantitative estimate of drug-likeness (QED) is 0.900. The molecule has 18 heavy (non-hydrogen) atoms. The fraction of sp³-hybridized carbons (Fsp3) is 0.417. The summed E-state index contributed by atoms with van der Waals surface area (Å²) >= 11 is 1.38. The Hall–Kier alpha value is -1.69. The summed E-state index contributed by atoms with van der Waals surface area (Å²) in [5.74, 6) is -0.117. The van der Waals surface area contributed by atoms with Crippen molar-refractivity contribution in [2.75, 3.05) is 0 Å². The van der Waals surface area contributed by atoms with E-state index in [2.05, 4.69) is 10.3 Å². The first-order valence-electron chi connectivity index (χ1n) is 5.88. The van der Waals surface area contributed by atoms with Gasteiger partial charge in [0.05, 0.1) is 11.8 Å². The molecule has 0 aromatic carbocycles. The van der Waals surface area contributed by atoms with E-state index in [-0.39, 0.29) is 18.0 Å². The molecule has 1 aliphatic rings. The molecule has 3 rings (SSSR count). The average molecular weight is 263 g/mol. The minimum Gasteiger partial charge on any atom is -0.352 e. The number of carbonyl (C=O) groups excluding carboxylic acids is 1.